The van der Waals surface area contributed by atoms with E-state index in [9.17, 15) is 14.0 Å². The Morgan fingerprint density at radius 1 is 1.13 bits per heavy atom. The van der Waals surface area contributed by atoms with Crippen LogP contribution in [0.4, 0.5) is 10.1 Å². The molecule has 1 heterocycles. The zero-order chi connectivity index (χ0) is 22.2. The first-order valence-corrected chi connectivity index (χ1v) is 10.5. The van der Waals surface area contributed by atoms with Crippen LogP contribution in [-0.4, -0.2) is 32.3 Å². The van der Waals surface area contributed by atoms with E-state index in [2.05, 4.69) is 27.4 Å². The van der Waals surface area contributed by atoms with E-state index in [4.69, 9.17) is 0 Å². The SMILES string of the molecule is C=CCn1c(CNC(=O)c2ccc(C)cc2)nnc1SCC(=O)Nc1ccc(F)cc1. The third kappa shape index (κ3) is 6.26. The highest BCUT2D eigenvalue weighted by Gasteiger charge is 2.15. The molecule has 0 radical (unpaired) electrons. The minimum atomic E-state index is -0.369. The van der Waals surface area contributed by atoms with Crippen LogP contribution < -0.4 is 10.6 Å². The zero-order valence-corrected chi connectivity index (χ0v) is 17.8. The number of thioether (sulfide) groups is 1. The predicted molar refractivity (Wildman–Crippen MR) is 118 cm³/mol. The van der Waals surface area contributed by atoms with Gasteiger partial charge in [0.05, 0.1) is 12.3 Å². The number of hydrogen-bond acceptors (Lipinski definition) is 5. The molecule has 0 saturated carbocycles. The Morgan fingerprint density at radius 3 is 2.52 bits per heavy atom. The van der Waals surface area contributed by atoms with Crippen LogP contribution >= 0.6 is 11.8 Å². The molecule has 0 saturated heterocycles. The van der Waals surface area contributed by atoms with Crippen molar-refractivity contribution >= 4 is 29.3 Å². The molecule has 0 aliphatic carbocycles. The van der Waals surface area contributed by atoms with Crippen molar-refractivity contribution in [2.45, 2.75) is 25.2 Å². The third-order valence-corrected chi connectivity index (χ3v) is 5.25. The Hall–Kier alpha value is -3.46. The van der Waals surface area contributed by atoms with E-state index in [1.54, 1.807) is 22.8 Å². The van der Waals surface area contributed by atoms with E-state index >= 15 is 0 Å². The van der Waals surface area contributed by atoms with Crippen LogP contribution in [-0.2, 0) is 17.9 Å². The summed E-state index contributed by atoms with van der Waals surface area (Å²) in [6, 6.07) is 12.8. The second kappa shape index (κ2) is 10.5. The molecule has 3 aromatic rings. The van der Waals surface area contributed by atoms with Crippen LogP contribution in [0, 0.1) is 12.7 Å². The standard InChI is InChI=1S/C22H22FN5O2S/c1-3-12-28-19(13-24-21(30)16-6-4-15(2)5-7-16)26-27-22(28)31-14-20(29)25-18-10-8-17(23)9-11-18/h3-11H,1,12-14H2,2H3,(H,24,30)(H,25,29). The lowest BCUT2D eigenvalue weighted by Crippen LogP contribution is -2.24. The van der Waals surface area contributed by atoms with Gasteiger partial charge in [0.2, 0.25) is 5.91 Å². The Balaban J connectivity index is 1.59. The van der Waals surface area contributed by atoms with Crippen molar-refractivity contribution in [2.24, 2.45) is 0 Å². The topological polar surface area (TPSA) is 88.9 Å². The number of carbonyl (C=O) groups is 2. The van der Waals surface area contributed by atoms with Gasteiger partial charge >= 0.3 is 0 Å². The molecule has 0 bridgehead atoms. The molecule has 2 aromatic carbocycles. The quantitative estimate of drug-likeness (QED) is 0.393. The smallest absolute Gasteiger partial charge is 0.251 e. The Labute approximate surface area is 183 Å². The maximum Gasteiger partial charge on any atom is 0.251 e. The molecule has 0 atom stereocenters. The first-order chi connectivity index (χ1) is 15.0. The van der Waals surface area contributed by atoms with E-state index in [0.29, 0.717) is 28.8 Å². The molecular formula is C22H22FN5O2S. The van der Waals surface area contributed by atoms with E-state index in [0.717, 1.165) is 5.56 Å². The summed E-state index contributed by atoms with van der Waals surface area (Å²) in [5, 5.41) is 14.3. The highest BCUT2D eigenvalue weighted by molar-refractivity contribution is 7.99. The minimum Gasteiger partial charge on any atom is -0.345 e. The summed E-state index contributed by atoms with van der Waals surface area (Å²) in [6.07, 6.45) is 1.69. The molecule has 0 spiro atoms. The number of amides is 2. The van der Waals surface area contributed by atoms with Gasteiger partial charge in [-0.25, -0.2) is 4.39 Å². The van der Waals surface area contributed by atoms with E-state index < -0.39 is 0 Å². The normalized spacial score (nSPS) is 10.5. The summed E-state index contributed by atoms with van der Waals surface area (Å²) in [5.74, 6) is -0.170. The summed E-state index contributed by atoms with van der Waals surface area (Å²) < 4.78 is 14.8. The zero-order valence-electron chi connectivity index (χ0n) is 17.0. The number of rotatable bonds is 9. The maximum atomic E-state index is 13.0. The summed E-state index contributed by atoms with van der Waals surface area (Å²) in [7, 11) is 0. The average molecular weight is 440 g/mol. The molecule has 2 amide bonds. The van der Waals surface area contributed by atoms with Gasteiger partial charge in [-0.3, -0.25) is 9.59 Å². The van der Waals surface area contributed by atoms with Crippen molar-refractivity contribution in [2.75, 3.05) is 11.1 Å². The van der Waals surface area contributed by atoms with Crippen molar-refractivity contribution in [1.82, 2.24) is 20.1 Å². The molecular weight excluding hydrogens is 417 g/mol. The number of anilines is 1. The van der Waals surface area contributed by atoms with Crippen LogP contribution in [0.5, 0.6) is 0 Å². The highest BCUT2D eigenvalue weighted by Crippen LogP contribution is 2.18. The number of carbonyl (C=O) groups excluding carboxylic acids is 2. The average Bonchev–Trinajstić information content (AvgIpc) is 3.14. The molecule has 31 heavy (non-hydrogen) atoms. The molecule has 160 valence electrons. The lowest BCUT2D eigenvalue weighted by atomic mass is 10.1. The van der Waals surface area contributed by atoms with Crippen molar-refractivity contribution in [3.05, 3.63) is 84.0 Å². The van der Waals surface area contributed by atoms with E-state index in [1.807, 2.05) is 19.1 Å². The molecule has 0 aliphatic heterocycles. The van der Waals surface area contributed by atoms with Gasteiger partial charge in [-0.15, -0.1) is 16.8 Å². The van der Waals surface area contributed by atoms with Gasteiger partial charge in [0.15, 0.2) is 11.0 Å². The largest absolute Gasteiger partial charge is 0.345 e. The summed E-state index contributed by atoms with van der Waals surface area (Å²) in [5.41, 5.74) is 2.15. The first kappa shape index (κ1) is 22.2. The maximum absolute atomic E-state index is 13.0. The monoisotopic (exact) mass is 439 g/mol. The molecule has 0 unspecified atom stereocenters. The van der Waals surface area contributed by atoms with Crippen LogP contribution in [0.15, 0.2) is 66.3 Å². The molecule has 3 rings (SSSR count). The van der Waals surface area contributed by atoms with Crippen molar-refractivity contribution in [3.8, 4) is 0 Å². The number of benzene rings is 2. The van der Waals surface area contributed by atoms with Crippen LogP contribution in [0.2, 0.25) is 0 Å². The van der Waals surface area contributed by atoms with Crippen LogP contribution in [0.3, 0.4) is 0 Å². The van der Waals surface area contributed by atoms with Gasteiger partial charge in [0, 0.05) is 17.8 Å². The fraction of sp³-hybridized carbons (Fsp3) is 0.182. The summed E-state index contributed by atoms with van der Waals surface area (Å²) in [4.78, 5) is 24.5. The molecule has 0 aliphatic rings. The van der Waals surface area contributed by atoms with Gasteiger partial charge in [0.1, 0.15) is 5.82 Å². The number of aromatic nitrogens is 3. The number of nitrogens with zero attached hydrogens (tertiary/aromatic N) is 3. The predicted octanol–water partition coefficient (Wildman–Crippen LogP) is 3.57. The fourth-order valence-electron chi connectivity index (χ4n) is 2.70. The minimum absolute atomic E-state index is 0.0996. The van der Waals surface area contributed by atoms with E-state index in [-0.39, 0.29) is 29.9 Å². The van der Waals surface area contributed by atoms with Gasteiger partial charge < -0.3 is 15.2 Å². The summed E-state index contributed by atoms with van der Waals surface area (Å²) in [6.45, 7) is 6.33. The number of halogens is 1. The van der Waals surface area contributed by atoms with Crippen molar-refractivity contribution in [3.63, 3.8) is 0 Å². The Morgan fingerprint density at radius 2 is 1.84 bits per heavy atom. The van der Waals surface area contributed by atoms with Crippen LogP contribution in [0.1, 0.15) is 21.7 Å². The number of nitrogens with one attached hydrogen (secondary N) is 2. The van der Waals surface area contributed by atoms with Gasteiger partial charge in [0.25, 0.3) is 5.91 Å². The number of allylic oxidation sites excluding steroid dienone is 1. The highest BCUT2D eigenvalue weighted by atomic mass is 32.2. The molecule has 1 aromatic heterocycles. The Kier molecular flexibility index (Phi) is 7.55. The molecule has 0 fully saturated rings. The van der Waals surface area contributed by atoms with Crippen molar-refractivity contribution < 1.29 is 14.0 Å². The van der Waals surface area contributed by atoms with Gasteiger partial charge in [-0.1, -0.05) is 35.5 Å². The first-order valence-electron chi connectivity index (χ1n) is 9.52. The third-order valence-electron chi connectivity index (χ3n) is 4.29. The number of hydrogen-bond donors (Lipinski definition) is 2. The lowest BCUT2D eigenvalue weighted by molar-refractivity contribution is -0.113. The summed E-state index contributed by atoms with van der Waals surface area (Å²) >= 11 is 1.21. The molecule has 7 nitrogen and oxygen atoms in total. The number of aryl methyl sites for hydroxylation is 1. The second-order valence-electron chi connectivity index (χ2n) is 6.69. The Bertz CT molecular complexity index is 1060. The van der Waals surface area contributed by atoms with E-state index in [1.165, 1.54) is 36.0 Å². The fourth-order valence-corrected chi connectivity index (χ4v) is 3.46. The second-order valence-corrected chi connectivity index (χ2v) is 7.63. The lowest BCUT2D eigenvalue weighted by Gasteiger charge is -2.09. The van der Waals surface area contributed by atoms with Crippen LogP contribution in [0.25, 0.3) is 0 Å². The molecule has 2 N–H and O–H groups in total. The van der Waals surface area contributed by atoms with Gasteiger partial charge in [-0.05, 0) is 43.3 Å². The van der Waals surface area contributed by atoms with Gasteiger partial charge in [-0.2, -0.15) is 0 Å². The molecule has 9 heteroatoms. The van der Waals surface area contributed by atoms with Crippen molar-refractivity contribution in [1.29, 1.82) is 0 Å².